The lowest BCUT2D eigenvalue weighted by Gasteiger charge is -2.22. The summed E-state index contributed by atoms with van der Waals surface area (Å²) >= 11 is 0. The van der Waals surface area contributed by atoms with Gasteiger partial charge in [-0.25, -0.2) is 0 Å². The monoisotopic (exact) mass is 448 g/mol. The van der Waals surface area contributed by atoms with E-state index in [9.17, 15) is 14.4 Å². The number of Topliss-reactive ketones (excluding diaryl/α,β-unsaturated/α-hetero) is 1. The number of hydrogen-bond acceptors (Lipinski definition) is 4. The normalized spacial score (nSPS) is 14.5. The molecule has 7 nitrogen and oxygen atoms in total. The lowest BCUT2D eigenvalue weighted by Crippen LogP contribution is -2.32. The first-order valence-corrected chi connectivity index (χ1v) is 11.8. The predicted octanol–water partition coefficient (Wildman–Crippen LogP) is 3.48. The molecular weight excluding hydrogens is 416 g/mol. The number of carbonyl (C=O) groups is 2. The van der Waals surface area contributed by atoms with Crippen LogP contribution in [-0.4, -0.2) is 41.4 Å². The van der Waals surface area contributed by atoms with Gasteiger partial charge in [-0.05, 0) is 62.0 Å². The van der Waals surface area contributed by atoms with Crippen LogP contribution in [0, 0.1) is 5.92 Å². The summed E-state index contributed by atoms with van der Waals surface area (Å²) < 4.78 is 1.48. The van der Waals surface area contributed by atoms with Gasteiger partial charge >= 0.3 is 0 Å². The summed E-state index contributed by atoms with van der Waals surface area (Å²) in [6, 6.07) is 9.27. The molecule has 3 heterocycles. The Morgan fingerprint density at radius 2 is 1.97 bits per heavy atom. The van der Waals surface area contributed by atoms with Crippen molar-refractivity contribution >= 4 is 22.6 Å². The number of ketones is 1. The molecule has 7 heteroatoms. The molecule has 0 saturated carbocycles. The number of carbonyl (C=O) groups excluding carboxylic acids is 2. The molecule has 0 bridgehead atoms. The molecule has 2 aromatic heterocycles. The Kier molecular flexibility index (Phi) is 7.40. The van der Waals surface area contributed by atoms with Crippen LogP contribution in [0.25, 0.3) is 10.9 Å². The first-order valence-electron chi connectivity index (χ1n) is 11.8. The van der Waals surface area contributed by atoms with E-state index >= 15 is 0 Å². The lowest BCUT2D eigenvalue weighted by atomic mass is 9.92. The van der Waals surface area contributed by atoms with E-state index in [0.29, 0.717) is 12.0 Å². The van der Waals surface area contributed by atoms with Crippen LogP contribution < -0.4 is 16.2 Å². The summed E-state index contributed by atoms with van der Waals surface area (Å²) in [5.41, 5.74) is 1.94. The fourth-order valence-electron chi connectivity index (χ4n) is 4.71. The number of rotatable bonds is 9. The highest BCUT2D eigenvalue weighted by Gasteiger charge is 2.18. The minimum absolute atomic E-state index is 0.000649. The minimum Gasteiger partial charge on any atom is -0.361 e. The Bertz CT molecular complexity index is 1190. The largest absolute Gasteiger partial charge is 0.361 e. The third kappa shape index (κ3) is 5.42. The van der Waals surface area contributed by atoms with E-state index in [2.05, 4.69) is 15.6 Å². The molecule has 3 aromatic rings. The maximum absolute atomic E-state index is 13.0. The Labute approximate surface area is 193 Å². The van der Waals surface area contributed by atoms with E-state index < -0.39 is 11.5 Å². The number of nitrogens with zero attached hydrogens (tertiary/aromatic N) is 1. The molecule has 3 N–H and O–H groups in total. The highest BCUT2D eigenvalue weighted by atomic mass is 16.2. The van der Waals surface area contributed by atoms with E-state index in [1.165, 1.54) is 30.5 Å². The first-order chi connectivity index (χ1) is 16.1. The number of aromatic amines is 1. The van der Waals surface area contributed by atoms with Crippen LogP contribution in [0.2, 0.25) is 0 Å². The summed E-state index contributed by atoms with van der Waals surface area (Å²) in [6.45, 7) is 2.46. The van der Waals surface area contributed by atoms with Gasteiger partial charge in [-0.2, -0.15) is 0 Å². The number of nitrogens with one attached hydrogen (secondary N) is 3. The first kappa shape index (κ1) is 23.0. The number of fused-ring (bicyclic) bond motifs is 1. The highest BCUT2D eigenvalue weighted by Crippen LogP contribution is 2.21. The van der Waals surface area contributed by atoms with Crippen molar-refractivity contribution in [1.29, 1.82) is 0 Å². The maximum Gasteiger partial charge on any atom is 0.263 e. The van der Waals surface area contributed by atoms with Crippen LogP contribution in [0.1, 0.15) is 64.8 Å². The molecule has 1 fully saturated rings. The molecule has 0 spiro atoms. The van der Waals surface area contributed by atoms with Gasteiger partial charge in [0.1, 0.15) is 5.56 Å². The van der Waals surface area contributed by atoms with Crippen molar-refractivity contribution < 1.29 is 9.59 Å². The van der Waals surface area contributed by atoms with Crippen molar-refractivity contribution in [2.45, 2.75) is 45.1 Å². The van der Waals surface area contributed by atoms with E-state index in [0.717, 1.165) is 54.7 Å². The lowest BCUT2D eigenvalue weighted by molar-refractivity contribution is 0.0961. The predicted molar refractivity (Wildman–Crippen MR) is 130 cm³/mol. The molecular formula is C26H32N4O3. The van der Waals surface area contributed by atoms with Crippen LogP contribution in [0.4, 0.5) is 0 Å². The number of benzene rings is 1. The molecule has 1 saturated heterocycles. The molecule has 0 aliphatic carbocycles. The third-order valence-corrected chi connectivity index (χ3v) is 6.63. The van der Waals surface area contributed by atoms with Gasteiger partial charge in [-0.15, -0.1) is 0 Å². The average molecular weight is 449 g/mol. The van der Waals surface area contributed by atoms with Gasteiger partial charge in [0.05, 0.1) is 6.54 Å². The molecule has 0 atom stereocenters. The topological polar surface area (TPSA) is 96.0 Å². The van der Waals surface area contributed by atoms with Gasteiger partial charge < -0.3 is 20.2 Å². The van der Waals surface area contributed by atoms with Crippen molar-refractivity contribution in [2.24, 2.45) is 5.92 Å². The quantitative estimate of drug-likeness (QED) is 0.345. The third-order valence-electron chi connectivity index (χ3n) is 6.63. The van der Waals surface area contributed by atoms with Gasteiger partial charge in [0.2, 0.25) is 0 Å². The molecule has 174 valence electrons. The molecule has 1 aliphatic heterocycles. The van der Waals surface area contributed by atoms with Crippen LogP contribution >= 0.6 is 0 Å². The van der Waals surface area contributed by atoms with E-state index in [-0.39, 0.29) is 17.9 Å². The SMILES string of the molecule is CNC(=O)c1cc(C(=O)CCCCC2CCNCC2)cn(Cc2cccc3[nH]ccc23)c1=O. The summed E-state index contributed by atoms with van der Waals surface area (Å²) in [5.74, 6) is 0.243. The molecule has 1 aliphatic rings. The zero-order valence-electron chi connectivity index (χ0n) is 19.2. The van der Waals surface area contributed by atoms with Gasteiger partial charge in [0, 0.05) is 42.3 Å². The maximum atomic E-state index is 13.0. The van der Waals surface area contributed by atoms with Crippen LogP contribution in [0.3, 0.4) is 0 Å². The highest BCUT2D eigenvalue weighted by molar-refractivity contribution is 6.00. The molecule has 0 radical (unpaired) electrons. The number of aromatic nitrogens is 2. The van der Waals surface area contributed by atoms with Crippen molar-refractivity contribution in [3.63, 3.8) is 0 Å². The number of H-pyrrole nitrogens is 1. The zero-order chi connectivity index (χ0) is 23.2. The van der Waals surface area contributed by atoms with Crippen molar-refractivity contribution in [3.8, 4) is 0 Å². The summed E-state index contributed by atoms with van der Waals surface area (Å²) in [7, 11) is 1.49. The fraction of sp³-hybridized carbons (Fsp3) is 0.423. The summed E-state index contributed by atoms with van der Waals surface area (Å²) in [4.78, 5) is 41.6. The molecule has 4 rings (SSSR count). The standard InChI is InChI=1S/C26H32N4O3/c1-27-25(32)22-15-20(24(31)8-3-2-5-18-9-12-28-13-10-18)17-30(26(22)33)16-19-6-4-7-23-21(19)11-14-29-23/h4,6-7,11,14-15,17-18,28-29H,2-3,5,8-10,12-13,16H2,1H3,(H,27,32). The minimum atomic E-state index is -0.478. The number of unbranched alkanes of at least 4 members (excludes halogenated alkanes) is 1. The second-order valence-corrected chi connectivity index (χ2v) is 8.87. The number of hydrogen-bond donors (Lipinski definition) is 3. The number of amides is 1. The molecule has 33 heavy (non-hydrogen) atoms. The molecule has 1 aromatic carbocycles. The van der Waals surface area contributed by atoms with E-state index in [1.807, 2.05) is 30.5 Å². The van der Waals surface area contributed by atoms with Gasteiger partial charge in [-0.3, -0.25) is 14.4 Å². The van der Waals surface area contributed by atoms with E-state index in [1.54, 1.807) is 6.20 Å². The smallest absolute Gasteiger partial charge is 0.263 e. The average Bonchev–Trinajstić information content (AvgIpc) is 3.33. The Balaban J connectivity index is 1.52. The Morgan fingerprint density at radius 1 is 1.15 bits per heavy atom. The summed E-state index contributed by atoms with van der Waals surface area (Å²) in [6.07, 6.45) is 9.30. The van der Waals surface area contributed by atoms with Crippen molar-refractivity contribution in [3.05, 3.63) is 69.8 Å². The van der Waals surface area contributed by atoms with Crippen molar-refractivity contribution in [1.82, 2.24) is 20.2 Å². The second kappa shape index (κ2) is 10.6. The Morgan fingerprint density at radius 3 is 2.76 bits per heavy atom. The van der Waals surface area contributed by atoms with E-state index in [4.69, 9.17) is 0 Å². The second-order valence-electron chi connectivity index (χ2n) is 8.87. The molecule has 0 unspecified atom stereocenters. The van der Waals surface area contributed by atoms with Gasteiger partial charge in [0.25, 0.3) is 11.5 Å². The molecule has 1 amide bonds. The number of pyridine rings is 1. The zero-order valence-corrected chi connectivity index (χ0v) is 19.2. The van der Waals surface area contributed by atoms with Gasteiger partial charge in [-0.1, -0.05) is 25.0 Å². The van der Waals surface area contributed by atoms with Gasteiger partial charge in [0.15, 0.2) is 5.78 Å². The van der Waals surface area contributed by atoms with Crippen molar-refractivity contribution in [2.75, 3.05) is 20.1 Å². The van der Waals surface area contributed by atoms with Crippen LogP contribution in [0.5, 0.6) is 0 Å². The summed E-state index contributed by atoms with van der Waals surface area (Å²) in [5, 5.41) is 6.92. The fourth-order valence-corrected chi connectivity index (χ4v) is 4.71. The Hall–Kier alpha value is -3.19. The van der Waals surface area contributed by atoms with Crippen LogP contribution in [-0.2, 0) is 6.54 Å². The van der Waals surface area contributed by atoms with Crippen LogP contribution in [0.15, 0.2) is 47.5 Å². The number of piperidine rings is 1.